The summed E-state index contributed by atoms with van der Waals surface area (Å²) in [6.07, 6.45) is 1.94. The Morgan fingerprint density at radius 2 is 1.93 bits per heavy atom. The van der Waals surface area contributed by atoms with Gasteiger partial charge >= 0.3 is 0 Å². The fourth-order valence-corrected chi connectivity index (χ4v) is 3.52. The van der Waals surface area contributed by atoms with Crippen LogP contribution in [-0.4, -0.2) is 38.7 Å². The molecule has 1 amide bonds. The Labute approximate surface area is 161 Å². The molecule has 0 atom stereocenters. The van der Waals surface area contributed by atoms with Gasteiger partial charge in [-0.1, -0.05) is 42.5 Å². The van der Waals surface area contributed by atoms with Gasteiger partial charge in [0.15, 0.2) is 0 Å². The maximum absolute atomic E-state index is 12.2. The Morgan fingerprint density at radius 1 is 1.11 bits per heavy atom. The largest absolute Gasteiger partial charge is 0.356 e. The number of imidazole rings is 1. The van der Waals surface area contributed by atoms with Crippen LogP contribution in [0.2, 0.25) is 0 Å². The van der Waals surface area contributed by atoms with Gasteiger partial charge in [0.1, 0.15) is 0 Å². The fourth-order valence-electron chi connectivity index (χ4n) is 2.75. The van der Waals surface area contributed by atoms with Gasteiger partial charge in [0.05, 0.1) is 11.9 Å². The molecule has 0 radical (unpaired) electrons. The van der Waals surface area contributed by atoms with Crippen LogP contribution in [0.1, 0.15) is 15.9 Å². The highest BCUT2D eigenvalue weighted by atomic mass is 32.1. The molecule has 2 aromatic heterocycles. The molecular formula is C20H19N5OS. The first-order valence-electron chi connectivity index (χ1n) is 8.56. The number of benzene rings is 2. The quantitative estimate of drug-likeness (QED) is 0.575. The van der Waals surface area contributed by atoms with Crippen molar-refractivity contribution in [2.24, 2.45) is 0 Å². The SMILES string of the molecule is CN(C)C(=O)c1cccc(-c2cn3sc(NCc4ccccc4)nc3n2)c1. The third-order valence-electron chi connectivity index (χ3n) is 4.14. The van der Waals surface area contributed by atoms with Gasteiger partial charge in [0.25, 0.3) is 5.91 Å². The zero-order chi connectivity index (χ0) is 18.8. The van der Waals surface area contributed by atoms with Crippen molar-refractivity contribution in [1.82, 2.24) is 18.7 Å². The van der Waals surface area contributed by atoms with Crippen LogP contribution in [-0.2, 0) is 6.54 Å². The first-order valence-corrected chi connectivity index (χ1v) is 9.34. The minimum atomic E-state index is -0.0246. The third-order valence-corrected chi connectivity index (χ3v) is 5.02. The van der Waals surface area contributed by atoms with Crippen molar-refractivity contribution < 1.29 is 4.79 Å². The molecule has 0 spiro atoms. The molecule has 2 aromatic carbocycles. The third kappa shape index (κ3) is 3.68. The summed E-state index contributed by atoms with van der Waals surface area (Å²) in [7, 11) is 3.49. The summed E-state index contributed by atoms with van der Waals surface area (Å²) in [4.78, 5) is 22.9. The number of hydrogen-bond donors (Lipinski definition) is 1. The molecule has 1 N–H and O–H groups in total. The number of anilines is 1. The van der Waals surface area contributed by atoms with E-state index in [1.165, 1.54) is 17.1 Å². The molecule has 0 saturated heterocycles. The van der Waals surface area contributed by atoms with Crippen LogP contribution >= 0.6 is 11.5 Å². The van der Waals surface area contributed by atoms with E-state index in [4.69, 9.17) is 0 Å². The molecule has 0 fully saturated rings. The number of amides is 1. The summed E-state index contributed by atoms with van der Waals surface area (Å²) >= 11 is 1.50. The van der Waals surface area contributed by atoms with E-state index in [1.54, 1.807) is 19.0 Å². The van der Waals surface area contributed by atoms with E-state index < -0.39 is 0 Å². The van der Waals surface area contributed by atoms with Crippen LogP contribution < -0.4 is 5.32 Å². The number of carbonyl (C=O) groups excluding carboxylic acids is 1. The Hall–Kier alpha value is -3.19. The zero-order valence-corrected chi connectivity index (χ0v) is 15.9. The summed E-state index contributed by atoms with van der Waals surface area (Å²) in [6.45, 7) is 0.721. The molecule has 6 nitrogen and oxygen atoms in total. The minimum Gasteiger partial charge on any atom is -0.356 e. The lowest BCUT2D eigenvalue weighted by Gasteiger charge is -2.10. The summed E-state index contributed by atoms with van der Waals surface area (Å²) in [5.74, 6) is 0.623. The standard InChI is InChI=1S/C20H19N5OS/c1-24(2)18(26)16-10-6-9-15(11-16)17-13-25-19(22-17)23-20(27-25)21-12-14-7-4-3-5-8-14/h3-11,13H,12H2,1-2H3,(H,21,22,23). The van der Waals surface area contributed by atoms with Gasteiger partial charge in [-0.2, -0.15) is 4.98 Å². The second-order valence-electron chi connectivity index (χ2n) is 6.38. The molecule has 0 saturated carbocycles. The van der Waals surface area contributed by atoms with Crippen LogP contribution in [0, 0.1) is 0 Å². The lowest BCUT2D eigenvalue weighted by Crippen LogP contribution is -2.21. The van der Waals surface area contributed by atoms with Gasteiger partial charge in [-0.05, 0) is 29.2 Å². The highest BCUT2D eigenvalue weighted by Gasteiger charge is 2.13. The number of fused-ring (bicyclic) bond motifs is 1. The highest BCUT2D eigenvalue weighted by molar-refractivity contribution is 7.10. The van der Waals surface area contributed by atoms with E-state index in [-0.39, 0.29) is 5.91 Å². The molecule has 0 unspecified atom stereocenters. The normalized spacial score (nSPS) is 10.9. The van der Waals surface area contributed by atoms with Crippen molar-refractivity contribution in [2.75, 3.05) is 19.4 Å². The van der Waals surface area contributed by atoms with Crippen LogP contribution in [0.25, 0.3) is 17.0 Å². The number of carbonyl (C=O) groups is 1. The zero-order valence-electron chi connectivity index (χ0n) is 15.1. The van der Waals surface area contributed by atoms with Gasteiger partial charge < -0.3 is 10.2 Å². The topological polar surface area (TPSA) is 62.5 Å². The van der Waals surface area contributed by atoms with Crippen LogP contribution in [0.5, 0.6) is 0 Å². The predicted octanol–water partition coefficient (Wildman–Crippen LogP) is 3.77. The average molecular weight is 377 g/mol. The lowest BCUT2D eigenvalue weighted by atomic mass is 10.1. The van der Waals surface area contributed by atoms with E-state index in [2.05, 4.69) is 27.4 Å². The van der Waals surface area contributed by atoms with Gasteiger partial charge in [0.2, 0.25) is 10.9 Å². The lowest BCUT2D eigenvalue weighted by molar-refractivity contribution is 0.0827. The first kappa shape index (κ1) is 17.2. The summed E-state index contributed by atoms with van der Waals surface area (Å²) in [6, 6.07) is 17.7. The number of rotatable bonds is 5. The number of aromatic nitrogens is 3. The number of nitrogens with zero attached hydrogens (tertiary/aromatic N) is 4. The maximum atomic E-state index is 12.2. The van der Waals surface area contributed by atoms with Crippen LogP contribution in [0.15, 0.2) is 60.8 Å². The van der Waals surface area contributed by atoms with Crippen molar-refractivity contribution in [3.63, 3.8) is 0 Å². The smallest absolute Gasteiger partial charge is 0.253 e. The van der Waals surface area contributed by atoms with E-state index in [0.717, 1.165) is 22.9 Å². The second kappa shape index (κ2) is 7.20. The van der Waals surface area contributed by atoms with Gasteiger partial charge in [-0.25, -0.2) is 8.77 Å². The van der Waals surface area contributed by atoms with Gasteiger partial charge in [-0.3, -0.25) is 4.79 Å². The van der Waals surface area contributed by atoms with Crippen molar-refractivity contribution >= 4 is 28.3 Å². The highest BCUT2D eigenvalue weighted by Crippen LogP contribution is 2.24. The van der Waals surface area contributed by atoms with Crippen molar-refractivity contribution in [3.8, 4) is 11.3 Å². The van der Waals surface area contributed by atoms with E-state index in [0.29, 0.717) is 11.3 Å². The maximum Gasteiger partial charge on any atom is 0.253 e. The monoisotopic (exact) mass is 377 g/mol. The Kier molecular flexibility index (Phi) is 4.60. The van der Waals surface area contributed by atoms with Gasteiger partial charge in [0, 0.05) is 31.8 Å². The molecular weight excluding hydrogens is 358 g/mol. The van der Waals surface area contributed by atoms with Crippen molar-refractivity contribution in [2.45, 2.75) is 6.54 Å². The van der Waals surface area contributed by atoms with Crippen molar-refractivity contribution in [1.29, 1.82) is 0 Å². The molecule has 0 bridgehead atoms. The van der Waals surface area contributed by atoms with Gasteiger partial charge in [-0.15, -0.1) is 0 Å². The molecule has 7 heteroatoms. The molecule has 4 rings (SSSR count). The Morgan fingerprint density at radius 3 is 2.67 bits per heavy atom. The predicted molar refractivity (Wildman–Crippen MR) is 108 cm³/mol. The van der Waals surface area contributed by atoms with E-state index in [1.807, 2.05) is 52.5 Å². The summed E-state index contributed by atoms with van der Waals surface area (Å²) < 4.78 is 1.93. The fraction of sp³-hybridized carbons (Fsp3) is 0.150. The Balaban J connectivity index is 1.54. The van der Waals surface area contributed by atoms with Crippen LogP contribution in [0.3, 0.4) is 0 Å². The molecule has 0 aliphatic rings. The molecule has 0 aliphatic carbocycles. The minimum absolute atomic E-state index is 0.0246. The second-order valence-corrected chi connectivity index (χ2v) is 7.34. The molecule has 0 aliphatic heterocycles. The molecule has 136 valence electrons. The van der Waals surface area contributed by atoms with E-state index >= 15 is 0 Å². The molecule has 4 aromatic rings. The first-order chi connectivity index (χ1) is 13.1. The number of nitrogens with one attached hydrogen (secondary N) is 1. The van der Waals surface area contributed by atoms with Crippen LogP contribution in [0.4, 0.5) is 5.13 Å². The number of hydrogen-bond acceptors (Lipinski definition) is 5. The Bertz CT molecular complexity index is 1050. The van der Waals surface area contributed by atoms with E-state index in [9.17, 15) is 4.79 Å². The summed E-state index contributed by atoms with van der Waals surface area (Å²) in [5, 5.41) is 4.15. The van der Waals surface area contributed by atoms with Crippen molar-refractivity contribution in [3.05, 3.63) is 71.9 Å². The average Bonchev–Trinajstić information content (AvgIpc) is 3.25. The summed E-state index contributed by atoms with van der Waals surface area (Å²) in [5.41, 5.74) is 3.55. The molecule has 2 heterocycles. The molecule has 27 heavy (non-hydrogen) atoms.